The van der Waals surface area contributed by atoms with Gasteiger partial charge in [0.15, 0.2) is 0 Å². The quantitative estimate of drug-likeness (QED) is 0.518. The number of hydrogen-bond donors (Lipinski definition) is 4. The summed E-state index contributed by atoms with van der Waals surface area (Å²) in [6.07, 6.45) is 1.39. The lowest BCUT2D eigenvalue weighted by Gasteiger charge is -2.05. The van der Waals surface area contributed by atoms with E-state index >= 15 is 0 Å². The average molecular weight is 311 g/mol. The first-order valence-corrected chi connectivity index (χ1v) is 6.84. The van der Waals surface area contributed by atoms with Gasteiger partial charge >= 0.3 is 0 Å². The molecule has 0 aliphatic rings. The maximum Gasteiger partial charge on any atom is 0.275 e. The number of H-pyrrole nitrogens is 2. The van der Waals surface area contributed by atoms with Gasteiger partial charge in [0.1, 0.15) is 11.4 Å². The summed E-state index contributed by atoms with van der Waals surface area (Å²) in [6.45, 7) is 0. The molecule has 0 aliphatic heterocycles. The molecule has 3 rings (SSSR count). The lowest BCUT2D eigenvalue weighted by Crippen LogP contribution is -2.44. The first-order chi connectivity index (χ1) is 11.1. The van der Waals surface area contributed by atoms with Crippen LogP contribution in [0.3, 0.4) is 0 Å². The summed E-state index contributed by atoms with van der Waals surface area (Å²) in [7, 11) is 0. The predicted octanol–water partition coefficient (Wildman–Crippen LogP) is 0.255. The lowest BCUT2D eigenvalue weighted by atomic mass is 10.3. The van der Waals surface area contributed by atoms with Crippen LogP contribution in [0.25, 0.3) is 11.0 Å². The molecule has 0 spiro atoms. The molecule has 0 saturated carbocycles. The third-order valence-electron chi connectivity index (χ3n) is 3.14. The fourth-order valence-corrected chi connectivity index (χ4v) is 2.08. The molecule has 2 aromatic heterocycles. The smallest absolute Gasteiger partial charge is 0.275 e. The van der Waals surface area contributed by atoms with Gasteiger partial charge in [0.2, 0.25) is 5.91 Å². The summed E-state index contributed by atoms with van der Waals surface area (Å²) in [5.74, 6) is -0.662. The highest BCUT2D eigenvalue weighted by molar-refractivity contribution is 5.95. The van der Waals surface area contributed by atoms with Crippen LogP contribution in [0.15, 0.2) is 47.4 Å². The van der Waals surface area contributed by atoms with E-state index in [2.05, 4.69) is 25.8 Å². The summed E-state index contributed by atoms with van der Waals surface area (Å²) in [6, 6.07) is 10.3. The molecule has 0 radical (unpaired) electrons. The van der Waals surface area contributed by atoms with Crippen molar-refractivity contribution in [2.45, 2.75) is 6.42 Å². The zero-order valence-electron chi connectivity index (χ0n) is 11.9. The number of hydrogen-bond acceptors (Lipinski definition) is 4. The van der Waals surface area contributed by atoms with Crippen molar-refractivity contribution in [2.24, 2.45) is 0 Å². The zero-order valence-corrected chi connectivity index (χ0v) is 11.9. The van der Waals surface area contributed by atoms with Crippen molar-refractivity contribution < 1.29 is 9.59 Å². The number of hydrazine groups is 1. The van der Waals surface area contributed by atoms with Crippen LogP contribution >= 0.6 is 0 Å². The molecular formula is C15H13N5O3. The van der Waals surface area contributed by atoms with Crippen molar-refractivity contribution in [3.63, 3.8) is 0 Å². The molecule has 0 aliphatic carbocycles. The van der Waals surface area contributed by atoms with Crippen LogP contribution in [0.1, 0.15) is 16.2 Å². The Kier molecular flexibility index (Phi) is 3.88. The number of rotatable bonds is 3. The molecule has 0 unspecified atom stereocenters. The third kappa shape index (κ3) is 3.26. The van der Waals surface area contributed by atoms with Gasteiger partial charge in [0, 0.05) is 6.20 Å². The first kappa shape index (κ1) is 14.5. The van der Waals surface area contributed by atoms with E-state index < -0.39 is 17.4 Å². The zero-order chi connectivity index (χ0) is 16.2. The molecule has 0 saturated heterocycles. The Bertz CT molecular complexity index is 895. The highest BCUT2D eigenvalue weighted by atomic mass is 16.2. The number of aromatic amines is 2. The van der Waals surface area contributed by atoms with Gasteiger partial charge in [-0.2, -0.15) is 0 Å². The van der Waals surface area contributed by atoms with Crippen molar-refractivity contribution in [3.8, 4) is 0 Å². The van der Waals surface area contributed by atoms with Gasteiger partial charge < -0.3 is 9.97 Å². The van der Waals surface area contributed by atoms with Crippen LogP contribution in [0.4, 0.5) is 0 Å². The Labute approximate surface area is 129 Å². The number of aromatic nitrogens is 3. The van der Waals surface area contributed by atoms with E-state index in [0.29, 0.717) is 5.82 Å². The maximum absolute atomic E-state index is 11.8. The SMILES string of the molecule is O=C(Cc1nc2ccccc2[nH]1)NNC(=O)c1ccc[nH]c1=O. The number of carbonyl (C=O) groups is 2. The fourth-order valence-electron chi connectivity index (χ4n) is 2.08. The molecule has 4 N–H and O–H groups in total. The molecule has 116 valence electrons. The molecule has 2 heterocycles. The first-order valence-electron chi connectivity index (χ1n) is 6.84. The minimum absolute atomic E-state index is 0.0277. The molecule has 0 fully saturated rings. The second-order valence-electron chi connectivity index (χ2n) is 4.79. The lowest BCUT2D eigenvalue weighted by molar-refractivity contribution is -0.121. The largest absolute Gasteiger partial charge is 0.342 e. The summed E-state index contributed by atoms with van der Waals surface area (Å²) in [4.78, 5) is 44.7. The number of nitrogens with one attached hydrogen (secondary N) is 4. The monoisotopic (exact) mass is 311 g/mol. The summed E-state index contributed by atoms with van der Waals surface area (Å²) in [5, 5.41) is 0. The Balaban J connectivity index is 1.60. The highest BCUT2D eigenvalue weighted by Gasteiger charge is 2.12. The molecular weight excluding hydrogens is 298 g/mol. The summed E-state index contributed by atoms with van der Waals surface area (Å²) >= 11 is 0. The standard InChI is InChI=1S/C15H13N5O3/c21-13(8-12-17-10-5-1-2-6-11(10)18-12)19-20-15(23)9-4-3-7-16-14(9)22/h1-7H,8H2,(H,16,22)(H,17,18)(H,19,21)(H,20,23). The van der Waals surface area contributed by atoms with E-state index in [1.54, 1.807) is 0 Å². The van der Waals surface area contributed by atoms with Crippen LogP contribution in [-0.4, -0.2) is 26.8 Å². The van der Waals surface area contributed by atoms with Crippen molar-refractivity contribution in [1.82, 2.24) is 25.8 Å². The van der Waals surface area contributed by atoms with Gasteiger partial charge in [0.05, 0.1) is 17.5 Å². The molecule has 23 heavy (non-hydrogen) atoms. The number of pyridine rings is 1. The Hall–Kier alpha value is -3.42. The van der Waals surface area contributed by atoms with Crippen molar-refractivity contribution >= 4 is 22.8 Å². The van der Waals surface area contributed by atoms with E-state index in [-0.39, 0.29) is 12.0 Å². The number of benzene rings is 1. The van der Waals surface area contributed by atoms with E-state index in [1.165, 1.54) is 18.3 Å². The second kappa shape index (κ2) is 6.14. The minimum Gasteiger partial charge on any atom is -0.342 e. The van der Waals surface area contributed by atoms with Crippen LogP contribution in [-0.2, 0) is 11.2 Å². The predicted molar refractivity (Wildman–Crippen MR) is 82.5 cm³/mol. The average Bonchev–Trinajstić information content (AvgIpc) is 2.95. The number of amides is 2. The molecule has 8 heteroatoms. The van der Waals surface area contributed by atoms with E-state index in [1.807, 2.05) is 24.3 Å². The van der Waals surface area contributed by atoms with Gasteiger partial charge in [-0.25, -0.2) is 4.98 Å². The van der Waals surface area contributed by atoms with Crippen molar-refractivity contribution in [1.29, 1.82) is 0 Å². The van der Waals surface area contributed by atoms with Crippen LogP contribution < -0.4 is 16.4 Å². The Morgan fingerprint density at radius 1 is 1.09 bits per heavy atom. The third-order valence-corrected chi connectivity index (χ3v) is 3.14. The fraction of sp³-hybridized carbons (Fsp3) is 0.0667. The van der Waals surface area contributed by atoms with E-state index in [0.717, 1.165) is 11.0 Å². The number of imidazole rings is 1. The summed E-state index contributed by atoms with van der Waals surface area (Å²) in [5.41, 5.74) is 5.41. The van der Waals surface area contributed by atoms with E-state index in [9.17, 15) is 14.4 Å². The highest BCUT2D eigenvalue weighted by Crippen LogP contribution is 2.10. The Morgan fingerprint density at radius 3 is 2.70 bits per heavy atom. The normalized spacial score (nSPS) is 10.4. The van der Waals surface area contributed by atoms with Crippen LogP contribution in [0.5, 0.6) is 0 Å². The van der Waals surface area contributed by atoms with Gasteiger partial charge in [-0.3, -0.25) is 25.2 Å². The molecule has 0 atom stereocenters. The van der Waals surface area contributed by atoms with Crippen molar-refractivity contribution in [2.75, 3.05) is 0 Å². The second-order valence-corrected chi connectivity index (χ2v) is 4.79. The molecule has 3 aromatic rings. The van der Waals surface area contributed by atoms with Crippen LogP contribution in [0.2, 0.25) is 0 Å². The molecule has 1 aromatic carbocycles. The van der Waals surface area contributed by atoms with Gasteiger partial charge in [-0.15, -0.1) is 0 Å². The van der Waals surface area contributed by atoms with Crippen LogP contribution in [0, 0.1) is 0 Å². The number of nitrogens with zero attached hydrogens (tertiary/aromatic N) is 1. The minimum atomic E-state index is -0.690. The van der Waals surface area contributed by atoms with E-state index in [4.69, 9.17) is 0 Å². The molecule has 0 bridgehead atoms. The number of fused-ring (bicyclic) bond motifs is 1. The topological polar surface area (TPSA) is 120 Å². The number of carbonyl (C=O) groups excluding carboxylic acids is 2. The van der Waals surface area contributed by atoms with Crippen molar-refractivity contribution in [3.05, 3.63) is 64.3 Å². The molecule has 2 amide bonds. The van der Waals surface area contributed by atoms with Gasteiger partial charge in [0.25, 0.3) is 11.5 Å². The molecule has 8 nitrogen and oxygen atoms in total. The summed E-state index contributed by atoms with van der Waals surface area (Å²) < 4.78 is 0. The van der Waals surface area contributed by atoms with Gasteiger partial charge in [-0.1, -0.05) is 12.1 Å². The Morgan fingerprint density at radius 2 is 1.91 bits per heavy atom. The number of para-hydroxylation sites is 2. The van der Waals surface area contributed by atoms with Gasteiger partial charge in [-0.05, 0) is 24.3 Å². The maximum atomic E-state index is 11.8.